The average molecular weight is 503 g/mol. The fraction of sp³-hybridized carbons (Fsp3) is 0.269. The first-order valence-corrected chi connectivity index (χ1v) is 11.9. The predicted molar refractivity (Wildman–Crippen MR) is 136 cm³/mol. The molecule has 1 aromatic carbocycles. The first kappa shape index (κ1) is 24.0. The van der Waals surface area contributed by atoms with Crippen LogP contribution in [0.3, 0.4) is 0 Å². The SMILES string of the molecule is CCCc1cc(=O)[nH]c(-n2nc(-c3ccco3)cc2NC(=O)C2CC(=O)N(c3cccc(OC)c3)C2)n1. The Morgan fingerprint density at radius 2 is 2.08 bits per heavy atom. The highest BCUT2D eigenvalue weighted by molar-refractivity contribution is 6.03. The van der Waals surface area contributed by atoms with Crippen LogP contribution < -0.4 is 20.5 Å². The molecule has 3 aromatic heterocycles. The topological polar surface area (TPSA) is 135 Å². The molecular formula is C26H26N6O5. The number of anilines is 2. The summed E-state index contributed by atoms with van der Waals surface area (Å²) in [7, 11) is 1.56. The molecule has 11 heteroatoms. The van der Waals surface area contributed by atoms with Gasteiger partial charge in [-0.2, -0.15) is 9.78 Å². The normalized spacial score (nSPS) is 15.2. The van der Waals surface area contributed by atoms with Gasteiger partial charge in [0, 0.05) is 42.5 Å². The van der Waals surface area contributed by atoms with Gasteiger partial charge < -0.3 is 19.4 Å². The van der Waals surface area contributed by atoms with E-state index in [1.165, 1.54) is 17.0 Å². The average Bonchev–Trinajstić information content (AvgIpc) is 3.64. The number of H-pyrrole nitrogens is 1. The summed E-state index contributed by atoms with van der Waals surface area (Å²) >= 11 is 0. The van der Waals surface area contributed by atoms with Crippen molar-refractivity contribution < 1.29 is 18.7 Å². The van der Waals surface area contributed by atoms with E-state index in [0.29, 0.717) is 40.8 Å². The number of rotatable bonds is 8. The zero-order chi connectivity index (χ0) is 25.9. The largest absolute Gasteiger partial charge is 0.497 e. The van der Waals surface area contributed by atoms with Gasteiger partial charge in [0.05, 0.1) is 19.3 Å². The maximum absolute atomic E-state index is 13.3. The van der Waals surface area contributed by atoms with Crippen molar-refractivity contribution in [3.8, 4) is 23.2 Å². The highest BCUT2D eigenvalue weighted by Crippen LogP contribution is 2.30. The Labute approximate surface area is 212 Å². The van der Waals surface area contributed by atoms with Gasteiger partial charge >= 0.3 is 0 Å². The Hall–Kier alpha value is -4.67. The lowest BCUT2D eigenvalue weighted by atomic mass is 10.1. The van der Waals surface area contributed by atoms with Gasteiger partial charge in [-0.15, -0.1) is 0 Å². The molecule has 0 saturated carbocycles. The third-order valence-corrected chi connectivity index (χ3v) is 6.08. The fourth-order valence-electron chi connectivity index (χ4n) is 4.29. The number of methoxy groups -OCH3 is 1. The minimum absolute atomic E-state index is 0.0588. The molecule has 1 saturated heterocycles. The van der Waals surface area contributed by atoms with Crippen LogP contribution in [0.25, 0.3) is 17.4 Å². The molecule has 0 bridgehead atoms. The molecule has 5 rings (SSSR count). The summed E-state index contributed by atoms with van der Waals surface area (Å²) in [6, 6.07) is 13.7. The molecule has 1 atom stereocenters. The van der Waals surface area contributed by atoms with E-state index in [-0.39, 0.29) is 36.3 Å². The van der Waals surface area contributed by atoms with Gasteiger partial charge in [0.15, 0.2) is 5.76 Å². The summed E-state index contributed by atoms with van der Waals surface area (Å²) in [5.41, 5.74) is 1.41. The molecule has 0 spiro atoms. The standard InChI is InChI=1S/C26H26N6O5/c1-3-6-17-12-23(33)29-26(27-17)32-22(14-20(30-32)21-9-5-10-37-21)28-25(35)16-11-24(34)31(15-16)18-7-4-8-19(13-18)36-2/h4-5,7-10,12-14,16H,3,6,11,15H2,1-2H3,(H,28,35)(H,27,29,33). The van der Waals surface area contributed by atoms with Crippen LogP contribution in [-0.2, 0) is 16.0 Å². The zero-order valence-electron chi connectivity index (χ0n) is 20.4. The Balaban J connectivity index is 1.43. The molecule has 1 unspecified atom stereocenters. The van der Waals surface area contributed by atoms with Crippen molar-refractivity contribution in [1.29, 1.82) is 0 Å². The van der Waals surface area contributed by atoms with Crippen LogP contribution in [-0.4, -0.2) is 45.2 Å². The molecule has 37 heavy (non-hydrogen) atoms. The molecule has 1 fully saturated rings. The van der Waals surface area contributed by atoms with Crippen molar-refractivity contribution in [3.63, 3.8) is 0 Å². The molecule has 0 aliphatic carbocycles. The van der Waals surface area contributed by atoms with E-state index < -0.39 is 5.92 Å². The van der Waals surface area contributed by atoms with Gasteiger partial charge in [-0.25, -0.2) is 4.98 Å². The predicted octanol–water partition coefficient (Wildman–Crippen LogP) is 3.17. The van der Waals surface area contributed by atoms with Crippen LogP contribution in [0, 0.1) is 5.92 Å². The van der Waals surface area contributed by atoms with E-state index >= 15 is 0 Å². The Bertz CT molecular complexity index is 1490. The van der Waals surface area contributed by atoms with Crippen molar-refractivity contribution in [1.82, 2.24) is 19.7 Å². The number of nitrogens with zero attached hydrogens (tertiary/aromatic N) is 4. The first-order chi connectivity index (χ1) is 17.9. The molecule has 0 radical (unpaired) electrons. The summed E-state index contributed by atoms with van der Waals surface area (Å²) < 4.78 is 12.1. The lowest BCUT2D eigenvalue weighted by molar-refractivity contribution is -0.122. The lowest BCUT2D eigenvalue weighted by Crippen LogP contribution is -2.29. The fourth-order valence-corrected chi connectivity index (χ4v) is 4.29. The lowest BCUT2D eigenvalue weighted by Gasteiger charge is -2.17. The summed E-state index contributed by atoms with van der Waals surface area (Å²) in [6.45, 7) is 2.22. The molecule has 1 aliphatic rings. The second-order valence-corrected chi connectivity index (χ2v) is 8.71. The number of benzene rings is 1. The van der Waals surface area contributed by atoms with E-state index in [4.69, 9.17) is 9.15 Å². The molecule has 4 aromatic rings. The van der Waals surface area contributed by atoms with Crippen LogP contribution in [0.15, 0.2) is 64.0 Å². The van der Waals surface area contributed by atoms with Crippen molar-refractivity contribution in [2.24, 2.45) is 5.92 Å². The number of amides is 2. The molecule has 2 amide bonds. The monoisotopic (exact) mass is 502 g/mol. The van der Waals surface area contributed by atoms with Crippen LogP contribution in [0.2, 0.25) is 0 Å². The number of carbonyl (C=O) groups is 2. The number of hydrogen-bond donors (Lipinski definition) is 2. The van der Waals surface area contributed by atoms with Crippen molar-refractivity contribution in [3.05, 3.63) is 70.8 Å². The summed E-state index contributed by atoms with van der Waals surface area (Å²) in [5, 5.41) is 7.40. The Kier molecular flexibility index (Phi) is 6.59. The van der Waals surface area contributed by atoms with Crippen LogP contribution >= 0.6 is 0 Å². The third-order valence-electron chi connectivity index (χ3n) is 6.08. The maximum Gasteiger partial charge on any atom is 0.252 e. The Morgan fingerprint density at radius 3 is 2.84 bits per heavy atom. The molecule has 2 N–H and O–H groups in total. The van der Waals surface area contributed by atoms with Crippen molar-refractivity contribution in [2.45, 2.75) is 26.2 Å². The maximum atomic E-state index is 13.3. The van der Waals surface area contributed by atoms with Gasteiger partial charge in [-0.1, -0.05) is 19.4 Å². The number of nitrogens with one attached hydrogen (secondary N) is 2. The minimum atomic E-state index is -0.590. The van der Waals surface area contributed by atoms with E-state index in [1.54, 1.807) is 54.5 Å². The highest BCUT2D eigenvalue weighted by Gasteiger charge is 2.36. The van der Waals surface area contributed by atoms with Gasteiger partial charge in [-0.05, 0) is 30.7 Å². The Morgan fingerprint density at radius 1 is 1.22 bits per heavy atom. The second-order valence-electron chi connectivity index (χ2n) is 8.71. The van der Waals surface area contributed by atoms with Gasteiger partial charge in [-0.3, -0.25) is 19.4 Å². The van der Waals surface area contributed by atoms with E-state index in [9.17, 15) is 14.4 Å². The van der Waals surface area contributed by atoms with E-state index in [2.05, 4.69) is 20.4 Å². The summed E-state index contributed by atoms with van der Waals surface area (Å²) in [6.07, 6.45) is 3.01. The van der Waals surface area contributed by atoms with Gasteiger partial charge in [0.25, 0.3) is 5.56 Å². The van der Waals surface area contributed by atoms with Gasteiger partial charge in [0.1, 0.15) is 17.3 Å². The number of hydrogen-bond acceptors (Lipinski definition) is 7. The van der Waals surface area contributed by atoms with Gasteiger partial charge in [0.2, 0.25) is 17.8 Å². The molecule has 4 heterocycles. The second kappa shape index (κ2) is 10.1. The number of aryl methyl sites for hydroxylation is 1. The van der Waals surface area contributed by atoms with Crippen LogP contribution in [0.1, 0.15) is 25.5 Å². The summed E-state index contributed by atoms with van der Waals surface area (Å²) in [5.74, 6) is 0.480. The number of carbonyl (C=O) groups excluding carboxylic acids is 2. The van der Waals surface area contributed by atoms with Crippen LogP contribution in [0.4, 0.5) is 11.5 Å². The third kappa shape index (κ3) is 5.01. The molecule has 11 nitrogen and oxygen atoms in total. The smallest absolute Gasteiger partial charge is 0.252 e. The van der Waals surface area contributed by atoms with E-state index in [0.717, 1.165) is 6.42 Å². The zero-order valence-corrected chi connectivity index (χ0v) is 20.4. The number of aromatic amines is 1. The number of ether oxygens (including phenoxy) is 1. The quantitative estimate of drug-likeness (QED) is 0.378. The molecular weight excluding hydrogens is 476 g/mol. The van der Waals surface area contributed by atoms with Crippen molar-refractivity contribution in [2.75, 3.05) is 23.9 Å². The molecule has 1 aliphatic heterocycles. The van der Waals surface area contributed by atoms with Crippen molar-refractivity contribution >= 4 is 23.3 Å². The number of aromatic nitrogens is 4. The molecule has 190 valence electrons. The van der Waals surface area contributed by atoms with Crippen LogP contribution in [0.5, 0.6) is 5.75 Å². The first-order valence-electron chi connectivity index (χ1n) is 11.9. The highest BCUT2D eigenvalue weighted by atomic mass is 16.5. The van der Waals surface area contributed by atoms with E-state index in [1.807, 2.05) is 6.92 Å². The minimum Gasteiger partial charge on any atom is -0.497 e. The number of furan rings is 1. The summed E-state index contributed by atoms with van der Waals surface area (Å²) in [4.78, 5) is 47.1.